The molecule has 2 heteroatoms. The summed E-state index contributed by atoms with van der Waals surface area (Å²) in [5.74, 6) is 0.576. The van der Waals surface area contributed by atoms with Gasteiger partial charge in [-0.15, -0.1) is 0 Å². The zero-order valence-corrected chi connectivity index (χ0v) is 12.0. The predicted molar refractivity (Wildman–Crippen MR) is 77.8 cm³/mol. The van der Waals surface area contributed by atoms with Crippen LogP contribution < -0.4 is 0 Å². The first-order chi connectivity index (χ1) is 9.15. The summed E-state index contributed by atoms with van der Waals surface area (Å²) < 4.78 is 0. The summed E-state index contributed by atoms with van der Waals surface area (Å²) in [7, 11) is 4.10. The van der Waals surface area contributed by atoms with Gasteiger partial charge in [0.25, 0.3) is 0 Å². The predicted octanol–water partition coefficient (Wildman–Crippen LogP) is 2.87. The Morgan fingerprint density at radius 1 is 1.05 bits per heavy atom. The summed E-state index contributed by atoms with van der Waals surface area (Å²) in [5, 5.41) is 0. The third kappa shape index (κ3) is 2.46. The van der Waals surface area contributed by atoms with Gasteiger partial charge < -0.3 is 4.90 Å². The molecule has 1 unspecified atom stereocenters. The lowest BCUT2D eigenvalue weighted by Crippen LogP contribution is -2.32. The van der Waals surface area contributed by atoms with Gasteiger partial charge in [0, 0.05) is 18.0 Å². The molecule has 0 saturated heterocycles. The Morgan fingerprint density at radius 2 is 1.74 bits per heavy atom. The van der Waals surface area contributed by atoms with Crippen LogP contribution >= 0.6 is 0 Å². The van der Waals surface area contributed by atoms with E-state index in [-0.39, 0.29) is 5.92 Å². The molecule has 102 valence electrons. The highest BCUT2D eigenvalue weighted by molar-refractivity contribution is 6.00. The summed E-state index contributed by atoms with van der Waals surface area (Å²) >= 11 is 0. The molecular formula is C17H23NO. The lowest BCUT2D eigenvalue weighted by Gasteiger charge is -2.28. The minimum Gasteiger partial charge on any atom is -0.309 e. The summed E-state index contributed by atoms with van der Waals surface area (Å²) in [4.78, 5) is 14.7. The highest BCUT2D eigenvalue weighted by Gasteiger charge is 2.28. The molecule has 2 aliphatic carbocycles. The Kier molecular flexibility index (Phi) is 3.44. The number of hydrogen-bond donors (Lipinski definition) is 0. The van der Waals surface area contributed by atoms with Gasteiger partial charge in [0.2, 0.25) is 0 Å². The fourth-order valence-electron chi connectivity index (χ4n) is 3.57. The smallest absolute Gasteiger partial charge is 0.167 e. The number of nitrogens with zero attached hydrogens (tertiary/aromatic N) is 1. The van der Waals surface area contributed by atoms with Crippen molar-refractivity contribution in [3.05, 3.63) is 34.4 Å². The molecule has 19 heavy (non-hydrogen) atoms. The third-order valence-electron chi connectivity index (χ3n) is 4.55. The van der Waals surface area contributed by atoms with Crippen molar-refractivity contribution in [2.75, 3.05) is 20.6 Å². The molecule has 0 aliphatic heterocycles. The molecule has 1 atom stereocenters. The zero-order valence-electron chi connectivity index (χ0n) is 12.0. The molecular weight excluding hydrogens is 234 g/mol. The summed E-state index contributed by atoms with van der Waals surface area (Å²) in [6.07, 6.45) is 7.05. The van der Waals surface area contributed by atoms with Crippen LogP contribution in [0.4, 0.5) is 0 Å². The molecule has 2 nitrogen and oxygen atoms in total. The molecule has 0 saturated carbocycles. The van der Waals surface area contributed by atoms with Gasteiger partial charge in [-0.1, -0.05) is 6.07 Å². The zero-order chi connectivity index (χ0) is 13.4. The van der Waals surface area contributed by atoms with Crippen molar-refractivity contribution in [2.24, 2.45) is 5.92 Å². The van der Waals surface area contributed by atoms with Gasteiger partial charge in [-0.3, -0.25) is 4.79 Å². The van der Waals surface area contributed by atoms with Crippen molar-refractivity contribution in [2.45, 2.75) is 38.5 Å². The van der Waals surface area contributed by atoms with Crippen LogP contribution in [0.2, 0.25) is 0 Å². The minimum atomic E-state index is 0.198. The molecule has 3 rings (SSSR count). The Hall–Kier alpha value is -1.15. The van der Waals surface area contributed by atoms with Crippen LogP contribution in [0.3, 0.4) is 0 Å². The van der Waals surface area contributed by atoms with Crippen molar-refractivity contribution in [1.82, 2.24) is 4.90 Å². The van der Waals surface area contributed by atoms with Crippen LogP contribution in [0, 0.1) is 5.92 Å². The Balaban J connectivity index is 1.92. The maximum atomic E-state index is 12.6. The summed E-state index contributed by atoms with van der Waals surface area (Å²) in [6.45, 7) is 0.884. The molecule has 0 spiro atoms. The first-order valence-electron chi connectivity index (χ1n) is 7.49. The average molecular weight is 257 g/mol. The van der Waals surface area contributed by atoms with Crippen molar-refractivity contribution in [3.8, 4) is 0 Å². The standard InChI is InChI=1S/C17H23NO/c1-18(2)11-15-8-7-14-9-12-5-3-4-6-13(12)10-16(14)17(15)19/h9-10,15H,3-8,11H2,1-2H3. The number of ketones is 1. The van der Waals surface area contributed by atoms with Gasteiger partial charge in [-0.2, -0.15) is 0 Å². The maximum Gasteiger partial charge on any atom is 0.167 e. The first-order valence-corrected chi connectivity index (χ1v) is 7.49. The van der Waals surface area contributed by atoms with E-state index >= 15 is 0 Å². The second-order valence-electron chi connectivity index (χ2n) is 6.35. The number of rotatable bonds is 2. The van der Waals surface area contributed by atoms with Crippen LogP contribution in [-0.4, -0.2) is 31.3 Å². The van der Waals surface area contributed by atoms with Crippen LogP contribution in [0.15, 0.2) is 12.1 Å². The highest BCUT2D eigenvalue weighted by atomic mass is 16.1. The van der Waals surface area contributed by atoms with E-state index in [2.05, 4.69) is 31.1 Å². The van der Waals surface area contributed by atoms with E-state index in [0.29, 0.717) is 5.78 Å². The largest absolute Gasteiger partial charge is 0.309 e. The lowest BCUT2D eigenvalue weighted by atomic mass is 9.78. The first kappa shape index (κ1) is 12.9. The number of carbonyl (C=O) groups excluding carboxylic acids is 1. The van der Waals surface area contributed by atoms with Gasteiger partial charge in [0.15, 0.2) is 5.78 Å². The van der Waals surface area contributed by atoms with E-state index in [1.165, 1.54) is 36.0 Å². The van der Waals surface area contributed by atoms with Crippen LogP contribution in [0.1, 0.15) is 46.3 Å². The van der Waals surface area contributed by atoms with Crippen LogP contribution in [0.5, 0.6) is 0 Å². The SMILES string of the molecule is CN(C)CC1CCc2cc3c(cc2C1=O)CCCC3. The molecule has 0 aromatic heterocycles. The molecule has 2 aliphatic rings. The molecule has 0 N–H and O–H groups in total. The van der Waals surface area contributed by atoms with Crippen LogP contribution in [0.25, 0.3) is 0 Å². The van der Waals surface area contributed by atoms with E-state index < -0.39 is 0 Å². The molecule has 1 aromatic carbocycles. The van der Waals surface area contributed by atoms with E-state index in [0.717, 1.165) is 31.4 Å². The van der Waals surface area contributed by atoms with Crippen molar-refractivity contribution in [3.63, 3.8) is 0 Å². The number of hydrogen-bond acceptors (Lipinski definition) is 2. The quantitative estimate of drug-likeness (QED) is 0.812. The summed E-state index contributed by atoms with van der Waals surface area (Å²) in [6, 6.07) is 4.54. The average Bonchev–Trinajstić information content (AvgIpc) is 2.40. The van der Waals surface area contributed by atoms with Crippen molar-refractivity contribution in [1.29, 1.82) is 0 Å². The Morgan fingerprint density at radius 3 is 2.42 bits per heavy atom. The fraction of sp³-hybridized carbons (Fsp3) is 0.588. The summed E-state index contributed by atoms with van der Waals surface area (Å²) in [5.41, 5.74) is 5.27. The van der Waals surface area contributed by atoms with Crippen LogP contribution in [-0.2, 0) is 19.3 Å². The maximum absolute atomic E-state index is 12.6. The second-order valence-corrected chi connectivity index (χ2v) is 6.35. The number of fused-ring (bicyclic) bond motifs is 2. The Bertz CT molecular complexity index is 504. The van der Waals surface area contributed by atoms with Gasteiger partial charge >= 0.3 is 0 Å². The lowest BCUT2D eigenvalue weighted by molar-refractivity contribution is 0.0877. The van der Waals surface area contributed by atoms with Gasteiger partial charge in [0.1, 0.15) is 0 Å². The monoisotopic (exact) mass is 257 g/mol. The van der Waals surface area contributed by atoms with Gasteiger partial charge in [-0.25, -0.2) is 0 Å². The highest BCUT2D eigenvalue weighted by Crippen LogP contribution is 2.31. The van der Waals surface area contributed by atoms with E-state index in [4.69, 9.17) is 0 Å². The van der Waals surface area contributed by atoms with E-state index in [1.54, 1.807) is 0 Å². The van der Waals surface area contributed by atoms with Gasteiger partial charge in [0.05, 0.1) is 0 Å². The fourth-order valence-corrected chi connectivity index (χ4v) is 3.57. The number of benzene rings is 1. The minimum absolute atomic E-state index is 0.198. The number of carbonyl (C=O) groups is 1. The van der Waals surface area contributed by atoms with E-state index in [9.17, 15) is 4.79 Å². The molecule has 0 fully saturated rings. The van der Waals surface area contributed by atoms with Gasteiger partial charge in [-0.05, 0) is 75.4 Å². The number of aryl methyl sites for hydroxylation is 3. The van der Waals surface area contributed by atoms with Crippen molar-refractivity contribution >= 4 is 5.78 Å². The Labute approximate surface area is 115 Å². The third-order valence-corrected chi connectivity index (χ3v) is 4.55. The van der Waals surface area contributed by atoms with E-state index in [1.807, 2.05) is 0 Å². The van der Waals surface area contributed by atoms with Crippen molar-refractivity contribution < 1.29 is 4.79 Å². The topological polar surface area (TPSA) is 20.3 Å². The molecule has 0 radical (unpaired) electrons. The molecule has 0 heterocycles. The number of Topliss-reactive ketones (excluding diaryl/α,β-unsaturated/α-hetero) is 1. The molecule has 1 aromatic rings. The second kappa shape index (κ2) is 5.09. The normalized spacial score (nSPS) is 22.3. The molecule has 0 bridgehead atoms. The molecule has 0 amide bonds.